The molecule has 0 aromatic carbocycles. The number of rotatable bonds is 6. The van der Waals surface area contributed by atoms with Crippen LogP contribution in [0.25, 0.3) is 0 Å². The van der Waals surface area contributed by atoms with E-state index in [4.69, 9.17) is 9.47 Å². The van der Waals surface area contributed by atoms with Crippen molar-refractivity contribution in [1.29, 1.82) is 0 Å². The molecule has 100 valence electrons. The Labute approximate surface area is 109 Å². The minimum atomic E-state index is 0.237. The summed E-state index contributed by atoms with van der Waals surface area (Å²) in [6, 6.07) is 3.97. The SMILES string of the molecule is CCNCc1ccc(OCC2CCC(C)O2)cn1. The molecule has 4 heteroatoms. The van der Waals surface area contributed by atoms with Crippen molar-refractivity contribution in [3.8, 4) is 5.75 Å². The molecular weight excluding hydrogens is 228 g/mol. The van der Waals surface area contributed by atoms with Gasteiger partial charge in [0.25, 0.3) is 0 Å². The van der Waals surface area contributed by atoms with Crippen LogP contribution in [0.2, 0.25) is 0 Å². The van der Waals surface area contributed by atoms with E-state index >= 15 is 0 Å². The molecule has 4 nitrogen and oxygen atoms in total. The molecule has 1 saturated heterocycles. The lowest BCUT2D eigenvalue weighted by atomic mass is 10.2. The lowest BCUT2D eigenvalue weighted by Crippen LogP contribution is -2.18. The number of hydrogen-bond acceptors (Lipinski definition) is 4. The highest BCUT2D eigenvalue weighted by Gasteiger charge is 2.22. The van der Waals surface area contributed by atoms with Crippen LogP contribution in [-0.2, 0) is 11.3 Å². The molecule has 1 aliphatic rings. The van der Waals surface area contributed by atoms with Crippen LogP contribution < -0.4 is 10.1 Å². The van der Waals surface area contributed by atoms with E-state index in [2.05, 4.69) is 24.1 Å². The normalized spacial score (nSPS) is 23.2. The molecule has 1 aliphatic heterocycles. The molecule has 0 bridgehead atoms. The minimum Gasteiger partial charge on any atom is -0.489 e. The first-order valence-corrected chi connectivity index (χ1v) is 6.72. The Morgan fingerprint density at radius 2 is 2.33 bits per heavy atom. The first-order valence-electron chi connectivity index (χ1n) is 6.72. The second kappa shape index (κ2) is 6.71. The van der Waals surface area contributed by atoms with Crippen molar-refractivity contribution in [3.05, 3.63) is 24.0 Å². The highest BCUT2D eigenvalue weighted by molar-refractivity contribution is 5.19. The average molecular weight is 250 g/mol. The summed E-state index contributed by atoms with van der Waals surface area (Å²) in [5, 5.41) is 3.24. The lowest BCUT2D eigenvalue weighted by Gasteiger charge is -2.12. The molecule has 18 heavy (non-hydrogen) atoms. The van der Waals surface area contributed by atoms with E-state index in [1.165, 1.54) is 0 Å². The molecule has 0 saturated carbocycles. The summed E-state index contributed by atoms with van der Waals surface area (Å²) in [6.45, 7) is 6.58. The maximum atomic E-state index is 5.70. The molecule has 1 N–H and O–H groups in total. The summed E-state index contributed by atoms with van der Waals surface area (Å²) in [5.41, 5.74) is 1.04. The van der Waals surface area contributed by atoms with Gasteiger partial charge in [-0.25, -0.2) is 0 Å². The quantitative estimate of drug-likeness (QED) is 0.840. The van der Waals surface area contributed by atoms with Crippen LogP contribution in [0.15, 0.2) is 18.3 Å². The summed E-state index contributed by atoms with van der Waals surface area (Å²) < 4.78 is 11.4. The van der Waals surface area contributed by atoms with Crippen molar-refractivity contribution in [2.45, 2.75) is 45.4 Å². The van der Waals surface area contributed by atoms with Gasteiger partial charge in [-0.3, -0.25) is 4.98 Å². The summed E-state index contributed by atoms with van der Waals surface area (Å²) in [4.78, 5) is 4.35. The van der Waals surface area contributed by atoms with E-state index in [0.717, 1.165) is 37.4 Å². The molecular formula is C14H22N2O2. The van der Waals surface area contributed by atoms with Crippen molar-refractivity contribution in [2.24, 2.45) is 0 Å². The first-order chi connectivity index (χ1) is 8.78. The van der Waals surface area contributed by atoms with E-state index < -0.39 is 0 Å². The van der Waals surface area contributed by atoms with Gasteiger partial charge in [0, 0.05) is 6.54 Å². The van der Waals surface area contributed by atoms with Crippen molar-refractivity contribution in [3.63, 3.8) is 0 Å². The highest BCUT2D eigenvalue weighted by Crippen LogP contribution is 2.20. The van der Waals surface area contributed by atoms with E-state index in [1.807, 2.05) is 12.1 Å². The number of aromatic nitrogens is 1. The van der Waals surface area contributed by atoms with Gasteiger partial charge in [0.2, 0.25) is 0 Å². The molecule has 0 amide bonds. The maximum absolute atomic E-state index is 5.70. The molecule has 1 aromatic heterocycles. The minimum absolute atomic E-state index is 0.237. The zero-order chi connectivity index (χ0) is 12.8. The number of nitrogens with one attached hydrogen (secondary N) is 1. The van der Waals surface area contributed by atoms with E-state index in [-0.39, 0.29) is 6.10 Å². The van der Waals surface area contributed by atoms with E-state index in [1.54, 1.807) is 6.20 Å². The molecule has 1 fully saturated rings. The predicted octanol–water partition coefficient (Wildman–Crippen LogP) is 2.14. The van der Waals surface area contributed by atoms with Crippen LogP contribution in [0, 0.1) is 0 Å². The molecule has 1 aromatic rings. The highest BCUT2D eigenvalue weighted by atomic mass is 16.5. The maximum Gasteiger partial charge on any atom is 0.137 e. The van der Waals surface area contributed by atoms with Gasteiger partial charge >= 0.3 is 0 Å². The second-order valence-corrected chi connectivity index (χ2v) is 4.72. The van der Waals surface area contributed by atoms with E-state index in [0.29, 0.717) is 12.7 Å². The van der Waals surface area contributed by atoms with Crippen LogP contribution in [0.1, 0.15) is 32.4 Å². The first kappa shape index (κ1) is 13.3. The monoisotopic (exact) mass is 250 g/mol. The number of nitrogens with zero attached hydrogens (tertiary/aromatic N) is 1. The van der Waals surface area contributed by atoms with Gasteiger partial charge in [-0.15, -0.1) is 0 Å². The number of pyridine rings is 1. The molecule has 2 rings (SSSR count). The van der Waals surface area contributed by atoms with Gasteiger partial charge in [-0.1, -0.05) is 6.92 Å². The summed E-state index contributed by atoms with van der Waals surface area (Å²) in [5.74, 6) is 0.818. The van der Waals surface area contributed by atoms with Crippen LogP contribution >= 0.6 is 0 Å². The Hall–Kier alpha value is -1.13. The summed E-state index contributed by atoms with van der Waals surface area (Å²) in [7, 11) is 0. The van der Waals surface area contributed by atoms with Crippen LogP contribution in [0.4, 0.5) is 0 Å². The molecule has 0 radical (unpaired) electrons. The van der Waals surface area contributed by atoms with Gasteiger partial charge in [0.05, 0.1) is 24.1 Å². The second-order valence-electron chi connectivity index (χ2n) is 4.72. The summed E-state index contributed by atoms with van der Waals surface area (Å²) >= 11 is 0. The van der Waals surface area contributed by atoms with Crippen molar-refractivity contribution < 1.29 is 9.47 Å². The van der Waals surface area contributed by atoms with E-state index in [9.17, 15) is 0 Å². The van der Waals surface area contributed by atoms with Gasteiger partial charge in [-0.05, 0) is 38.4 Å². The largest absolute Gasteiger partial charge is 0.489 e. The Balaban J connectivity index is 1.76. The third-order valence-electron chi connectivity index (χ3n) is 3.11. The van der Waals surface area contributed by atoms with Gasteiger partial charge in [0.15, 0.2) is 0 Å². The Morgan fingerprint density at radius 3 is 2.94 bits per heavy atom. The Kier molecular flexibility index (Phi) is 4.96. The zero-order valence-corrected chi connectivity index (χ0v) is 11.2. The zero-order valence-electron chi connectivity index (χ0n) is 11.2. The van der Waals surface area contributed by atoms with Gasteiger partial charge < -0.3 is 14.8 Å². The number of hydrogen-bond donors (Lipinski definition) is 1. The Morgan fingerprint density at radius 1 is 1.44 bits per heavy atom. The van der Waals surface area contributed by atoms with Crippen molar-refractivity contribution >= 4 is 0 Å². The third-order valence-corrected chi connectivity index (χ3v) is 3.11. The fraction of sp³-hybridized carbons (Fsp3) is 0.643. The predicted molar refractivity (Wildman–Crippen MR) is 70.7 cm³/mol. The number of ether oxygens (including phenoxy) is 2. The summed E-state index contributed by atoms with van der Waals surface area (Å²) in [6.07, 6.45) is 4.62. The fourth-order valence-electron chi connectivity index (χ4n) is 2.05. The standard InChI is InChI=1S/C14H22N2O2/c1-3-15-8-12-5-7-13(9-16-12)17-10-14-6-4-11(2)18-14/h5,7,9,11,14-15H,3-4,6,8,10H2,1-2H3. The van der Waals surface area contributed by atoms with Crippen molar-refractivity contribution in [1.82, 2.24) is 10.3 Å². The van der Waals surface area contributed by atoms with Crippen LogP contribution in [0.5, 0.6) is 5.75 Å². The van der Waals surface area contributed by atoms with Crippen LogP contribution in [-0.4, -0.2) is 30.3 Å². The Bertz CT molecular complexity index is 353. The molecule has 0 aliphatic carbocycles. The van der Waals surface area contributed by atoms with Crippen LogP contribution in [0.3, 0.4) is 0 Å². The molecule has 0 spiro atoms. The smallest absolute Gasteiger partial charge is 0.137 e. The molecule has 2 heterocycles. The topological polar surface area (TPSA) is 43.4 Å². The average Bonchev–Trinajstić information content (AvgIpc) is 2.81. The van der Waals surface area contributed by atoms with Gasteiger partial charge in [0.1, 0.15) is 12.4 Å². The third kappa shape index (κ3) is 3.96. The molecule has 2 atom stereocenters. The van der Waals surface area contributed by atoms with Gasteiger partial charge in [-0.2, -0.15) is 0 Å². The molecule has 2 unspecified atom stereocenters. The lowest BCUT2D eigenvalue weighted by molar-refractivity contribution is 0.0264. The fourth-order valence-corrected chi connectivity index (χ4v) is 2.05. The van der Waals surface area contributed by atoms with Crippen molar-refractivity contribution in [2.75, 3.05) is 13.2 Å².